The van der Waals surface area contributed by atoms with Crippen molar-refractivity contribution in [2.75, 3.05) is 0 Å². The number of fused-ring (bicyclic) bond motifs is 1. The molecule has 0 saturated heterocycles. The Bertz CT molecular complexity index is 750. The molecule has 2 heterocycles. The number of aromatic nitrogens is 4. The molecule has 3 aromatic rings. The second-order valence-electron chi connectivity index (χ2n) is 3.43. The predicted octanol–water partition coefficient (Wildman–Crippen LogP) is 2.08. The number of nitrogens with zero attached hydrogens (tertiary/aromatic N) is 5. The van der Waals surface area contributed by atoms with Gasteiger partial charge in [0.2, 0.25) is 5.52 Å². The summed E-state index contributed by atoms with van der Waals surface area (Å²) >= 11 is 3.27. The van der Waals surface area contributed by atoms with Crippen molar-refractivity contribution in [2.45, 2.75) is 0 Å². The summed E-state index contributed by atoms with van der Waals surface area (Å²) in [5, 5.41) is 22.1. The van der Waals surface area contributed by atoms with Crippen LogP contribution in [0.1, 0.15) is 0 Å². The second-order valence-corrected chi connectivity index (χ2v) is 4.34. The van der Waals surface area contributed by atoms with Crippen molar-refractivity contribution < 1.29 is 9.55 Å². The summed E-state index contributed by atoms with van der Waals surface area (Å²) in [6.07, 6.45) is 3.30. The largest absolute Gasteiger partial charge is 0.300 e. The average Bonchev–Trinajstić information content (AvgIpc) is 2.95. The van der Waals surface area contributed by atoms with E-state index in [1.165, 1.54) is 10.7 Å². The van der Waals surface area contributed by atoms with Gasteiger partial charge < -0.3 is 0 Å². The minimum atomic E-state index is -0.532. The van der Waals surface area contributed by atoms with Crippen LogP contribution in [0, 0.1) is 10.1 Å². The molecule has 0 bridgehead atoms. The van der Waals surface area contributed by atoms with Crippen LogP contribution in [0.4, 0.5) is 5.69 Å². The van der Waals surface area contributed by atoms with Crippen LogP contribution in [0.5, 0.6) is 0 Å². The molecule has 0 unspecified atom stereocenters. The van der Waals surface area contributed by atoms with Gasteiger partial charge in [0, 0.05) is 12.3 Å². The molecule has 0 fully saturated rings. The van der Waals surface area contributed by atoms with E-state index in [2.05, 4.69) is 36.0 Å². The van der Waals surface area contributed by atoms with Crippen molar-refractivity contribution in [3.63, 3.8) is 0 Å². The number of non-ortho nitro benzene ring substituents is 1. The fraction of sp³-hybridized carbons (Fsp3) is 0. The first-order valence-corrected chi connectivity index (χ1v) is 5.56. The zero-order chi connectivity index (χ0) is 12.7. The third kappa shape index (κ3) is 1.56. The lowest BCUT2D eigenvalue weighted by molar-refractivity contribution is -0.383. The smallest absolute Gasteiger partial charge is 0.258 e. The monoisotopic (exact) mass is 309 g/mol. The number of nitro benzene ring substituents is 1. The molecule has 0 aliphatic carbocycles. The molecule has 0 radical (unpaired) electrons. The van der Waals surface area contributed by atoms with Crippen LogP contribution < -0.4 is 0 Å². The van der Waals surface area contributed by atoms with Gasteiger partial charge in [0.05, 0.1) is 21.3 Å². The molecule has 2 aromatic heterocycles. The highest BCUT2D eigenvalue weighted by Gasteiger charge is 2.20. The first-order chi connectivity index (χ1) is 8.66. The highest BCUT2D eigenvalue weighted by Crippen LogP contribution is 2.27. The van der Waals surface area contributed by atoms with Gasteiger partial charge in [0.15, 0.2) is 5.52 Å². The number of hydrogen-bond acceptors (Lipinski definition) is 6. The van der Waals surface area contributed by atoms with E-state index in [1.807, 2.05) is 0 Å². The molecular formula is C9H4BrN5O3. The Kier molecular flexibility index (Phi) is 2.33. The van der Waals surface area contributed by atoms with Crippen LogP contribution >= 0.6 is 15.9 Å². The number of benzene rings is 1. The summed E-state index contributed by atoms with van der Waals surface area (Å²) in [5.41, 5.74) is 0.799. The van der Waals surface area contributed by atoms with Crippen LogP contribution in [-0.4, -0.2) is 25.0 Å². The topological polar surface area (TPSA) is 99.9 Å². The third-order valence-electron chi connectivity index (χ3n) is 2.37. The first kappa shape index (κ1) is 10.8. The summed E-state index contributed by atoms with van der Waals surface area (Å²) in [4.78, 5) is 10.3. The molecule has 0 saturated carbocycles. The maximum Gasteiger partial charge on any atom is 0.300 e. The van der Waals surface area contributed by atoms with Crippen LogP contribution in [0.2, 0.25) is 0 Å². The van der Waals surface area contributed by atoms with E-state index in [4.69, 9.17) is 0 Å². The molecular weight excluding hydrogens is 306 g/mol. The van der Waals surface area contributed by atoms with Crippen LogP contribution in [0.15, 0.2) is 33.6 Å². The van der Waals surface area contributed by atoms with Gasteiger partial charge in [0.25, 0.3) is 0 Å². The molecule has 0 spiro atoms. The molecule has 9 heteroatoms. The van der Waals surface area contributed by atoms with E-state index in [9.17, 15) is 10.1 Å². The number of hydrogen-bond donors (Lipinski definition) is 0. The minimum Gasteiger partial charge on any atom is -0.258 e. The standard InChI is InChI=1S/C9H4BrN5O3/c10-5-3-11-14(4-5)6-1-2-7(15(16)17)9-8(6)12-18-13-9/h1-4H. The third-order valence-corrected chi connectivity index (χ3v) is 2.78. The molecule has 8 nitrogen and oxygen atoms in total. The Morgan fingerprint density at radius 3 is 2.78 bits per heavy atom. The summed E-state index contributed by atoms with van der Waals surface area (Å²) in [6.45, 7) is 0. The second kappa shape index (κ2) is 3.88. The van der Waals surface area contributed by atoms with Gasteiger partial charge in [-0.05, 0) is 32.3 Å². The Balaban J connectivity index is 2.29. The molecule has 0 amide bonds. The van der Waals surface area contributed by atoms with E-state index in [0.29, 0.717) is 11.2 Å². The fourth-order valence-corrected chi connectivity index (χ4v) is 1.89. The highest BCUT2D eigenvalue weighted by molar-refractivity contribution is 9.10. The molecule has 0 atom stereocenters. The Morgan fingerprint density at radius 2 is 2.11 bits per heavy atom. The van der Waals surface area contributed by atoms with Crippen molar-refractivity contribution in [2.24, 2.45) is 0 Å². The normalized spacial score (nSPS) is 10.9. The van der Waals surface area contributed by atoms with Gasteiger partial charge >= 0.3 is 5.69 Å². The minimum absolute atomic E-state index is 0.101. The van der Waals surface area contributed by atoms with Gasteiger partial charge in [-0.25, -0.2) is 9.31 Å². The van der Waals surface area contributed by atoms with Gasteiger partial charge in [-0.1, -0.05) is 0 Å². The van der Waals surface area contributed by atoms with Crippen molar-refractivity contribution in [3.8, 4) is 5.69 Å². The van der Waals surface area contributed by atoms with Crippen molar-refractivity contribution in [1.82, 2.24) is 20.1 Å². The van der Waals surface area contributed by atoms with Crippen molar-refractivity contribution in [1.29, 1.82) is 0 Å². The molecule has 3 rings (SSSR count). The quantitative estimate of drug-likeness (QED) is 0.530. The average molecular weight is 310 g/mol. The van der Waals surface area contributed by atoms with Gasteiger partial charge in [-0.2, -0.15) is 5.10 Å². The van der Waals surface area contributed by atoms with Gasteiger partial charge in [-0.15, -0.1) is 0 Å². The summed E-state index contributed by atoms with van der Waals surface area (Å²) in [5.74, 6) is 0. The molecule has 1 aromatic carbocycles. The van der Waals surface area contributed by atoms with Crippen molar-refractivity contribution >= 4 is 32.7 Å². The molecule has 0 aliphatic heterocycles. The lowest BCUT2D eigenvalue weighted by Crippen LogP contribution is -1.97. The Morgan fingerprint density at radius 1 is 1.33 bits per heavy atom. The van der Waals surface area contributed by atoms with E-state index < -0.39 is 4.92 Å². The van der Waals surface area contributed by atoms with Crippen LogP contribution in [0.25, 0.3) is 16.7 Å². The molecule has 0 N–H and O–H groups in total. The fourth-order valence-electron chi connectivity index (χ4n) is 1.61. The summed E-state index contributed by atoms with van der Waals surface area (Å²) < 4.78 is 6.88. The van der Waals surface area contributed by atoms with E-state index in [1.54, 1.807) is 18.5 Å². The van der Waals surface area contributed by atoms with Crippen LogP contribution in [0.3, 0.4) is 0 Å². The van der Waals surface area contributed by atoms with Crippen molar-refractivity contribution in [3.05, 3.63) is 39.1 Å². The summed E-state index contributed by atoms with van der Waals surface area (Å²) in [6, 6.07) is 2.89. The molecule has 18 heavy (non-hydrogen) atoms. The van der Waals surface area contributed by atoms with Crippen LogP contribution in [-0.2, 0) is 0 Å². The molecule has 90 valence electrons. The summed E-state index contributed by atoms with van der Waals surface area (Å²) in [7, 11) is 0. The maximum absolute atomic E-state index is 10.8. The number of halogens is 1. The van der Waals surface area contributed by atoms with Gasteiger partial charge in [0.1, 0.15) is 0 Å². The zero-order valence-corrected chi connectivity index (χ0v) is 10.2. The van der Waals surface area contributed by atoms with E-state index in [-0.39, 0.29) is 11.2 Å². The maximum atomic E-state index is 10.8. The lowest BCUT2D eigenvalue weighted by Gasteiger charge is -2.00. The number of nitro groups is 1. The van der Waals surface area contributed by atoms with E-state index >= 15 is 0 Å². The first-order valence-electron chi connectivity index (χ1n) is 4.77. The Hall–Kier alpha value is -2.29. The number of rotatable bonds is 2. The lowest BCUT2D eigenvalue weighted by atomic mass is 10.2. The molecule has 0 aliphatic rings. The zero-order valence-electron chi connectivity index (χ0n) is 8.65. The predicted molar refractivity (Wildman–Crippen MR) is 63.3 cm³/mol. The van der Waals surface area contributed by atoms with E-state index in [0.717, 1.165) is 4.47 Å². The Labute approximate surface area is 107 Å². The highest BCUT2D eigenvalue weighted by atomic mass is 79.9. The van der Waals surface area contributed by atoms with Gasteiger partial charge in [-0.3, -0.25) is 10.1 Å². The SMILES string of the molecule is O=[N+]([O-])c1ccc(-n2cc(Br)cn2)c2nonc12.